The molecule has 0 saturated heterocycles. The quantitative estimate of drug-likeness (QED) is 0.813. The normalized spacial score (nSPS) is 12.6. The molecule has 2 aromatic heterocycles. The van der Waals surface area contributed by atoms with Crippen LogP contribution in [0.15, 0.2) is 24.7 Å². The number of fused-ring (bicyclic) bond motifs is 1. The van der Waals surface area contributed by atoms with Crippen LogP contribution in [0.5, 0.6) is 0 Å². The number of aromatic nitrogens is 3. The molecule has 0 fully saturated rings. The van der Waals surface area contributed by atoms with Crippen molar-refractivity contribution in [1.29, 1.82) is 0 Å². The highest BCUT2D eigenvalue weighted by Gasteiger charge is 2.13. The molecule has 0 bridgehead atoms. The van der Waals surface area contributed by atoms with E-state index in [4.69, 9.17) is 5.11 Å². The molecule has 1 atom stereocenters. The molecule has 6 heteroatoms. The predicted octanol–water partition coefficient (Wildman–Crippen LogP) is 0.620. The molecule has 0 aliphatic rings. The van der Waals surface area contributed by atoms with Crippen LogP contribution in [0.3, 0.4) is 0 Å². The zero-order chi connectivity index (χ0) is 13.0. The third-order valence-electron chi connectivity index (χ3n) is 2.64. The van der Waals surface area contributed by atoms with Gasteiger partial charge in [-0.3, -0.25) is 9.20 Å². The fourth-order valence-electron chi connectivity index (χ4n) is 1.71. The van der Waals surface area contributed by atoms with Gasteiger partial charge in [-0.1, -0.05) is 0 Å². The fraction of sp³-hybridized carbons (Fsp3) is 0.417. The molecule has 6 nitrogen and oxygen atoms in total. The molecule has 0 spiro atoms. The summed E-state index contributed by atoms with van der Waals surface area (Å²) in [5.74, 6) is 0.289. The van der Waals surface area contributed by atoms with E-state index < -0.39 is 0 Å². The Morgan fingerprint density at radius 2 is 2.44 bits per heavy atom. The molecule has 0 aromatic carbocycles. The zero-order valence-electron chi connectivity index (χ0n) is 10.2. The summed E-state index contributed by atoms with van der Waals surface area (Å²) in [5.41, 5.74) is 0.351. The first-order valence-electron chi connectivity index (χ1n) is 5.92. The Kier molecular flexibility index (Phi) is 3.88. The van der Waals surface area contributed by atoms with Crippen molar-refractivity contribution < 1.29 is 9.90 Å². The first-order chi connectivity index (χ1) is 8.70. The van der Waals surface area contributed by atoms with Gasteiger partial charge in [0.15, 0.2) is 0 Å². The molecule has 2 aromatic rings. The second-order valence-corrected chi connectivity index (χ2v) is 4.19. The molecule has 1 amide bonds. The van der Waals surface area contributed by atoms with Crippen molar-refractivity contribution >= 4 is 11.7 Å². The van der Waals surface area contributed by atoms with Crippen LogP contribution in [-0.4, -0.2) is 38.0 Å². The summed E-state index contributed by atoms with van der Waals surface area (Å²) in [6.07, 6.45) is 6.49. The van der Waals surface area contributed by atoms with E-state index in [2.05, 4.69) is 15.3 Å². The molecule has 2 N–H and O–H groups in total. The number of aliphatic hydroxyl groups is 1. The number of carbonyl (C=O) groups excluding carboxylic acids is 1. The van der Waals surface area contributed by atoms with Gasteiger partial charge in [0.25, 0.3) is 5.91 Å². The van der Waals surface area contributed by atoms with Crippen LogP contribution in [0.1, 0.15) is 30.3 Å². The summed E-state index contributed by atoms with van der Waals surface area (Å²) in [4.78, 5) is 20.1. The van der Waals surface area contributed by atoms with Gasteiger partial charge in [0.2, 0.25) is 5.78 Å². The van der Waals surface area contributed by atoms with Crippen LogP contribution < -0.4 is 5.32 Å². The molecule has 2 rings (SSSR count). The Balaban J connectivity index is 2.04. The van der Waals surface area contributed by atoms with Gasteiger partial charge in [0, 0.05) is 31.2 Å². The summed E-state index contributed by atoms with van der Waals surface area (Å²) in [6.45, 7) is 2.04. The van der Waals surface area contributed by atoms with Gasteiger partial charge in [-0.2, -0.15) is 0 Å². The third kappa shape index (κ3) is 2.84. The standard InChI is InChI=1S/C12H16N4O2/c1-9(4-2-7-17)14-11(18)10-8-16-6-3-5-13-12(16)15-10/h3,5-6,8-9,17H,2,4,7H2,1H3,(H,14,18). The van der Waals surface area contributed by atoms with Gasteiger partial charge in [-0.25, -0.2) is 9.97 Å². The number of amides is 1. The molecule has 2 heterocycles. The van der Waals surface area contributed by atoms with Gasteiger partial charge in [-0.05, 0) is 25.8 Å². The summed E-state index contributed by atoms with van der Waals surface area (Å²) in [6, 6.07) is 1.79. The van der Waals surface area contributed by atoms with Gasteiger partial charge < -0.3 is 10.4 Å². The van der Waals surface area contributed by atoms with Crippen molar-refractivity contribution in [2.75, 3.05) is 6.61 Å². The van der Waals surface area contributed by atoms with E-state index in [1.165, 1.54) is 0 Å². The molecular formula is C12H16N4O2. The Labute approximate surface area is 105 Å². The van der Waals surface area contributed by atoms with E-state index in [0.717, 1.165) is 6.42 Å². The van der Waals surface area contributed by atoms with Crippen LogP contribution in [0.2, 0.25) is 0 Å². The number of imidazole rings is 1. The fourth-order valence-corrected chi connectivity index (χ4v) is 1.71. The van der Waals surface area contributed by atoms with Crippen molar-refractivity contribution in [1.82, 2.24) is 19.7 Å². The minimum atomic E-state index is -0.217. The van der Waals surface area contributed by atoms with Crippen LogP contribution in [-0.2, 0) is 0 Å². The SMILES string of the molecule is CC(CCCO)NC(=O)c1cn2cccnc2n1. The summed E-state index contributed by atoms with van der Waals surface area (Å²) >= 11 is 0. The summed E-state index contributed by atoms with van der Waals surface area (Å²) in [7, 11) is 0. The maximum absolute atomic E-state index is 11.9. The second kappa shape index (κ2) is 5.59. The smallest absolute Gasteiger partial charge is 0.271 e. The Morgan fingerprint density at radius 3 is 3.17 bits per heavy atom. The second-order valence-electron chi connectivity index (χ2n) is 4.19. The zero-order valence-corrected chi connectivity index (χ0v) is 10.2. The number of hydrogen-bond acceptors (Lipinski definition) is 4. The lowest BCUT2D eigenvalue weighted by Gasteiger charge is -2.11. The molecule has 1 unspecified atom stereocenters. The van der Waals surface area contributed by atoms with Crippen molar-refractivity contribution in [3.63, 3.8) is 0 Å². The van der Waals surface area contributed by atoms with E-state index >= 15 is 0 Å². The van der Waals surface area contributed by atoms with E-state index in [1.807, 2.05) is 6.92 Å². The average Bonchev–Trinajstić information content (AvgIpc) is 2.80. The summed E-state index contributed by atoms with van der Waals surface area (Å²) < 4.78 is 1.70. The Hall–Kier alpha value is -1.95. The number of nitrogens with zero attached hydrogens (tertiary/aromatic N) is 3. The van der Waals surface area contributed by atoms with E-state index in [9.17, 15) is 4.79 Å². The van der Waals surface area contributed by atoms with Gasteiger partial charge in [-0.15, -0.1) is 0 Å². The highest BCUT2D eigenvalue weighted by molar-refractivity contribution is 5.92. The largest absolute Gasteiger partial charge is 0.396 e. The van der Waals surface area contributed by atoms with Gasteiger partial charge >= 0.3 is 0 Å². The lowest BCUT2D eigenvalue weighted by atomic mass is 10.2. The average molecular weight is 248 g/mol. The first-order valence-corrected chi connectivity index (χ1v) is 5.92. The van der Waals surface area contributed by atoms with Crippen molar-refractivity contribution in [2.45, 2.75) is 25.8 Å². The molecule has 0 aliphatic heterocycles. The number of rotatable bonds is 5. The molecule has 0 radical (unpaired) electrons. The predicted molar refractivity (Wildman–Crippen MR) is 66.2 cm³/mol. The lowest BCUT2D eigenvalue weighted by molar-refractivity contribution is 0.0932. The Bertz CT molecular complexity index is 505. The van der Waals surface area contributed by atoms with Crippen molar-refractivity contribution in [3.05, 3.63) is 30.4 Å². The first kappa shape index (κ1) is 12.5. The molecular weight excluding hydrogens is 232 g/mol. The minimum Gasteiger partial charge on any atom is -0.396 e. The highest BCUT2D eigenvalue weighted by Crippen LogP contribution is 2.03. The highest BCUT2D eigenvalue weighted by atomic mass is 16.3. The number of nitrogens with one attached hydrogen (secondary N) is 1. The van der Waals surface area contributed by atoms with Gasteiger partial charge in [0.05, 0.1) is 0 Å². The number of carbonyl (C=O) groups is 1. The van der Waals surface area contributed by atoms with Crippen molar-refractivity contribution in [2.24, 2.45) is 0 Å². The molecule has 18 heavy (non-hydrogen) atoms. The third-order valence-corrected chi connectivity index (χ3v) is 2.64. The van der Waals surface area contributed by atoms with Crippen LogP contribution in [0.4, 0.5) is 0 Å². The van der Waals surface area contributed by atoms with E-state index in [-0.39, 0.29) is 18.6 Å². The van der Waals surface area contributed by atoms with E-state index in [1.54, 1.807) is 29.1 Å². The maximum Gasteiger partial charge on any atom is 0.271 e. The van der Waals surface area contributed by atoms with Crippen molar-refractivity contribution in [3.8, 4) is 0 Å². The topological polar surface area (TPSA) is 79.5 Å². The van der Waals surface area contributed by atoms with Crippen LogP contribution in [0, 0.1) is 0 Å². The van der Waals surface area contributed by atoms with Crippen LogP contribution in [0.25, 0.3) is 5.78 Å². The monoisotopic (exact) mass is 248 g/mol. The number of aliphatic hydroxyl groups excluding tert-OH is 1. The Morgan fingerprint density at radius 1 is 1.61 bits per heavy atom. The lowest BCUT2D eigenvalue weighted by Crippen LogP contribution is -2.32. The van der Waals surface area contributed by atoms with Crippen LogP contribution >= 0.6 is 0 Å². The maximum atomic E-state index is 11.9. The number of hydrogen-bond donors (Lipinski definition) is 2. The molecule has 0 saturated carbocycles. The van der Waals surface area contributed by atoms with E-state index in [0.29, 0.717) is 17.9 Å². The molecule has 96 valence electrons. The summed E-state index contributed by atoms with van der Waals surface area (Å²) in [5, 5.41) is 11.6. The molecule has 0 aliphatic carbocycles. The van der Waals surface area contributed by atoms with Gasteiger partial charge in [0.1, 0.15) is 5.69 Å². The minimum absolute atomic E-state index is 0.0161.